The van der Waals surface area contributed by atoms with E-state index in [4.69, 9.17) is 0 Å². The van der Waals surface area contributed by atoms with Crippen LogP contribution in [0.25, 0.3) is 0 Å². The summed E-state index contributed by atoms with van der Waals surface area (Å²) < 4.78 is 41.6. The number of nitrogens with one attached hydrogen (secondary N) is 2. The highest BCUT2D eigenvalue weighted by Gasteiger charge is 2.32. The summed E-state index contributed by atoms with van der Waals surface area (Å²) in [7, 11) is 0. The van der Waals surface area contributed by atoms with Crippen LogP contribution in [-0.2, 0) is 0 Å². The van der Waals surface area contributed by atoms with E-state index in [-0.39, 0.29) is 23.1 Å². The van der Waals surface area contributed by atoms with Crippen molar-refractivity contribution >= 4 is 5.91 Å². The number of ether oxygens (including phenoxy) is 1. The molecule has 1 aromatic carbocycles. The maximum absolute atomic E-state index is 12.5. The Kier molecular flexibility index (Phi) is 5.87. The Balaban J connectivity index is 2.28. The van der Waals surface area contributed by atoms with Crippen molar-refractivity contribution in [2.75, 3.05) is 19.6 Å². The summed E-state index contributed by atoms with van der Waals surface area (Å²) in [5.74, 6) is -0.587. The van der Waals surface area contributed by atoms with Gasteiger partial charge in [-0.25, -0.2) is 0 Å². The molecule has 0 saturated carbocycles. The van der Waals surface area contributed by atoms with Gasteiger partial charge in [0.05, 0.1) is 0 Å². The number of carbonyl (C=O) groups is 1. The molecule has 0 bridgehead atoms. The van der Waals surface area contributed by atoms with E-state index in [9.17, 15) is 18.0 Å². The lowest BCUT2D eigenvalue weighted by Crippen LogP contribution is -2.27. The number of carbonyl (C=O) groups excluding carboxylic acids is 1. The number of hydrogen-bond donors (Lipinski definition) is 2. The normalized spacial score (nSPS) is 16.2. The van der Waals surface area contributed by atoms with Crippen molar-refractivity contribution in [2.45, 2.75) is 38.5 Å². The predicted octanol–water partition coefficient (Wildman–Crippen LogP) is 3.19. The first-order valence-electron chi connectivity index (χ1n) is 7.78. The molecule has 1 saturated heterocycles. The van der Waals surface area contributed by atoms with Crippen LogP contribution in [0.5, 0.6) is 5.75 Å². The minimum Gasteiger partial charge on any atom is -0.406 e. The molecule has 0 spiro atoms. The Labute approximate surface area is 133 Å². The summed E-state index contributed by atoms with van der Waals surface area (Å²) in [5.41, 5.74) is 0.920. The van der Waals surface area contributed by atoms with Gasteiger partial charge >= 0.3 is 6.36 Å². The van der Waals surface area contributed by atoms with E-state index in [0.717, 1.165) is 44.0 Å². The van der Waals surface area contributed by atoms with Crippen molar-refractivity contribution < 1.29 is 22.7 Å². The van der Waals surface area contributed by atoms with Gasteiger partial charge in [0.15, 0.2) is 0 Å². The van der Waals surface area contributed by atoms with E-state index in [2.05, 4.69) is 15.4 Å². The van der Waals surface area contributed by atoms with Crippen LogP contribution in [0.4, 0.5) is 13.2 Å². The highest BCUT2D eigenvalue weighted by atomic mass is 19.4. The molecule has 0 radical (unpaired) electrons. The zero-order valence-electron chi connectivity index (χ0n) is 13.0. The van der Waals surface area contributed by atoms with Gasteiger partial charge in [0.2, 0.25) is 0 Å². The molecule has 1 aliphatic heterocycles. The van der Waals surface area contributed by atoms with Crippen LogP contribution in [0, 0.1) is 0 Å². The summed E-state index contributed by atoms with van der Waals surface area (Å²) in [6.45, 7) is 4.01. The summed E-state index contributed by atoms with van der Waals surface area (Å²) in [6.07, 6.45) is -2.37. The van der Waals surface area contributed by atoms with Crippen LogP contribution < -0.4 is 15.4 Å². The molecular weight excluding hydrogens is 309 g/mol. The minimum atomic E-state index is -4.77. The molecule has 1 amide bonds. The molecule has 0 aromatic heterocycles. The maximum Gasteiger partial charge on any atom is 0.573 e. The van der Waals surface area contributed by atoms with E-state index in [1.807, 2.05) is 6.92 Å². The molecule has 128 valence electrons. The lowest BCUT2D eigenvalue weighted by molar-refractivity contribution is -0.274. The number of amides is 1. The fourth-order valence-corrected chi connectivity index (χ4v) is 2.68. The van der Waals surface area contributed by atoms with E-state index in [0.29, 0.717) is 6.54 Å². The number of alkyl halides is 3. The number of piperidine rings is 1. The Hall–Kier alpha value is -1.76. The fourth-order valence-electron chi connectivity index (χ4n) is 2.68. The first-order valence-corrected chi connectivity index (χ1v) is 7.78. The molecule has 2 N–H and O–H groups in total. The van der Waals surface area contributed by atoms with Crippen molar-refractivity contribution in [3.05, 3.63) is 29.3 Å². The quantitative estimate of drug-likeness (QED) is 0.872. The van der Waals surface area contributed by atoms with Crippen LogP contribution in [0.1, 0.15) is 48.0 Å². The highest BCUT2D eigenvalue weighted by molar-refractivity contribution is 5.94. The number of halogens is 3. The van der Waals surface area contributed by atoms with Gasteiger partial charge in [-0.3, -0.25) is 4.79 Å². The van der Waals surface area contributed by atoms with Gasteiger partial charge in [-0.15, -0.1) is 13.2 Å². The first kappa shape index (κ1) is 17.6. The van der Waals surface area contributed by atoms with Crippen LogP contribution in [-0.4, -0.2) is 31.9 Å². The fraction of sp³-hybridized carbons (Fsp3) is 0.562. The lowest BCUT2D eigenvalue weighted by atomic mass is 9.89. The van der Waals surface area contributed by atoms with Crippen molar-refractivity contribution in [3.8, 4) is 5.75 Å². The summed E-state index contributed by atoms with van der Waals surface area (Å²) in [4.78, 5) is 12.1. The van der Waals surface area contributed by atoms with Gasteiger partial charge in [-0.1, -0.05) is 6.92 Å². The molecule has 7 heteroatoms. The van der Waals surface area contributed by atoms with Gasteiger partial charge in [0.1, 0.15) is 5.75 Å². The van der Waals surface area contributed by atoms with Gasteiger partial charge in [-0.05, 0) is 62.0 Å². The lowest BCUT2D eigenvalue weighted by Gasteiger charge is -2.24. The van der Waals surface area contributed by atoms with E-state index in [1.165, 1.54) is 6.07 Å². The predicted molar refractivity (Wildman–Crippen MR) is 80.6 cm³/mol. The largest absolute Gasteiger partial charge is 0.573 e. The van der Waals surface area contributed by atoms with Crippen LogP contribution in [0.15, 0.2) is 18.2 Å². The summed E-state index contributed by atoms with van der Waals surface area (Å²) in [5, 5.41) is 5.89. The van der Waals surface area contributed by atoms with Gasteiger partial charge < -0.3 is 15.4 Å². The van der Waals surface area contributed by atoms with Crippen molar-refractivity contribution in [1.29, 1.82) is 0 Å². The highest BCUT2D eigenvalue weighted by Crippen LogP contribution is 2.31. The van der Waals surface area contributed by atoms with Gasteiger partial charge in [-0.2, -0.15) is 0 Å². The second kappa shape index (κ2) is 7.68. The zero-order chi connectivity index (χ0) is 16.9. The zero-order valence-corrected chi connectivity index (χ0v) is 13.0. The third-order valence-electron chi connectivity index (χ3n) is 3.77. The molecule has 0 atom stereocenters. The SMILES string of the molecule is CCCNC(=O)c1cc(OC(F)(F)F)cc(C2CCNCC2)c1. The van der Waals surface area contributed by atoms with Crippen LogP contribution >= 0.6 is 0 Å². The average molecular weight is 330 g/mol. The maximum atomic E-state index is 12.5. The molecule has 1 heterocycles. The second-order valence-electron chi connectivity index (χ2n) is 5.62. The second-order valence-corrected chi connectivity index (χ2v) is 5.62. The van der Waals surface area contributed by atoms with E-state index in [1.54, 1.807) is 6.07 Å². The van der Waals surface area contributed by atoms with Gasteiger partial charge in [0.25, 0.3) is 5.91 Å². The van der Waals surface area contributed by atoms with E-state index < -0.39 is 6.36 Å². The topological polar surface area (TPSA) is 50.4 Å². The number of benzene rings is 1. The molecule has 0 unspecified atom stereocenters. The molecule has 2 rings (SSSR count). The third-order valence-corrected chi connectivity index (χ3v) is 3.77. The third kappa shape index (κ3) is 5.42. The van der Waals surface area contributed by atoms with Crippen molar-refractivity contribution in [2.24, 2.45) is 0 Å². The Morgan fingerprint density at radius 1 is 1.30 bits per heavy atom. The first-order chi connectivity index (χ1) is 10.9. The summed E-state index contributed by atoms with van der Waals surface area (Å²) >= 11 is 0. The Morgan fingerprint density at radius 3 is 2.61 bits per heavy atom. The smallest absolute Gasteiger partial charge is 0.406 e. The molecule has 1 aliphatic rings. The molecule has 4 nitrogen and oxygen atoms in total. The Bertz CT molecular complexity index is 541. The minimum absolute atomic E-state index is 0.130. The average Bonchev–Trinajstić information content (AvgIpc) is 2.51. The molecule has 1 fully saturated rings. The number of hydrogen-bond acceptors (Lipinski definition) is 3. The van der Waals surface area contributed by atoms with E-state index >= 15 is 0 Å². The molecule has 1 aromatic rings. The van der Waals surface area contributed by atoms with Crippen LogP contribution in [0.2, 0.25) is 0 Å². The summed E-state index contributed by atoms with van der Waals surface area (Å²) in [6, 6.07) is 4.20. The van der Waals surface area contributed by atoms with Crippen molar-refractivity contribution in [1.82, 2.24) is 10.6 Å². The van der Waals surface area contributed by atoms with Crippen LogP contribution in [0.3, 0.4) is 0 Å². The monoisotopic (exact) mass is 330 g/mol. The number of rotatable bonds is 5. The van der Waals surface area contributed by atoms with Gasteiger partial charge in [0, 0.05) is 12.1 Å². The van der Waals surface area contributed by atoms with Crippen molar-refractivity contribution in [3.63, 3.8) is 0 Å². The standard InChI is InChI=1S/C16H21F3N2O2/c1-2-5-21-15(22)13-8-12(11-3-6-20-7-4-11)9-14(10-13)23-16(17,18)19/h8-11,20H,2-7H2,1H3,(H,21,22). The molecule has 23 heavy (non-hydrogen) atoms. The molecular formula is C16H21F3N2O2. The molecule has 0 aliphatic carbocycles. The Morgan fingerprint density at radius 2 is 2.00 bits per heavy atom.